The van der Waals surface area contributed by atoms with E-state index in [0.717, 1.165) is 37.7 Å². The van der Waals surface area contributed by atoms with Crippen LogP contribution in [0.5, 0.6) is 11.5 Å². The average Bonchev–Trinajstić information content (AvgIpc) is 2.80. The predicted octanol–water partition coefficient (Wildman–Crippen LogP) is 4.45. The van der Waals surface area contributed by atoms with Gasteiger partial charge in [0.2, 0.25) is 0 Å². The molecule has 1 aliphatic rings. The first-order chi connectivity index (χ1) is 14.9. The summed E-state index contributed by atoms with van der Waals surface area (Å²) in [4.78, 5) is 24.8. The Balaban J connectivity index is 2.37. The largest absolute Gasteiger partial charge is 0.497 e. The fourth-order valence-electron chi connectivity index (χ4n) is 4.44. The molecule has 1 saturated carbocycles. The number of ketones is 2. The summed E-state index contributed by atoms with van der Waals surface area (Å²) in [7, 11) is 3.21. The topological polar surface area (TPSA) is 82.1 Å². The van der Waals surface area contributed by atoms with Crippen LogP contribution in [0.4, 0.5) is 0 Å². The number of hydrogen-bond acceptors (Lipinski definition) is 6. The highest BCUT2D eigenvalue weighted by molar-refractivity contribution is 6.01. The van der Waals surface area contributed by atoms with Crippen LogP contribution in [-0.2, 0) is 20.7 Å². The van der Waals surface area contributed by atoms with E-state index in [1.54, 1.807) is 21.1 Å². The van der Waals surface area contributed by atoms with Crippen molar-refractivity contribution in [1.29, 1.82) is 0 Å². The van der Waals surface area contributed by atoms with Crippen LogP contribution in [-0.4, -0.2) is 36.5 Å². The highest BCUT2D eigenvalue weighted by Gasteiger charge is 2.44. The quantitative estimate of drug-likeness (QED) is 0.413. The van der Waals surface area contributed by atoms with Crippen LogP contribution in [0.2, 0.25) is 0 Å². The van der Waals surface area contributed by atoms with Crippen LogP contribution < -0.4 is 9.47 Å². The van der Waals surface area contributed by atoms with Crippen LogP contribution in [0.25, 0.3) is 0 Å². The minimum absolute atomic E-state index is 0.0889. The molecule has 0 spiro atoms. The van der Waals surface area contributed by atoms with Crippen molar-refractivity contribution in [2.24, 2.45) is 11.8 Å². The standard InChI is InChI=1S/C25H34O6/c1-18(19(2)27)23(28)17-25(31-15-14-26,21-8-6-5-7-9-21)13-12-20-10-11-22(29-3)16-24(20)30-4/h10-11,16,18,21,26H,5-9,12-13,17H2,1-4H3. The first kappa shape index (κ1) is 24.6. The summed E-state index contributed by atoms with van der Waals surface area (Å²) in [5, 5.41) is 9.13. The van der Waals surface area contributed by atoms with Gasteiger partial charge in [0.1, 0.15) is 28.7 Å². The molecule has 2 rings (SSSR count). The van der Waals surface area contributed by atoms with Crippen molar-refractivity contribution < 1.29 is 28.9 Å². The van der Waals surface area contributed by atoms with Gasteiger partial charge in [-0.3, -0.25) is 9.59 Å². The van der Waals surface area contributed by atoms with Gasteiger partial charge in [-0.15, -0.1) is 0 Å². The van der Waals surface area contributed by atoms with Crippen molar-refractivity contribution in [3.63, 3.8) is 0 Å². The van der Waals surface area contributed by atoms with Gasteiger partial charge in [-0.25, -0.2) is 0 Å². The van der Waals surface area contributed by atoms with Crippen molar-refractivity contribution >= 4 is 11.6 Å². The lowest BCUT2D eigenvalue weighted by molar-refractivity contribution is -0.136. The van der Waals surface area contributed by atoms with E-state index in [0.29, 0.717) is 24.3 Å². The second-order valence-corrected chi connectivity index (χ2v) is 8.37. The second kappa shape index (κ2) is 11.6. The molecule has 0 saturated heterocycles. The van der Waals surface area contributed by atoms with Crippen molar-refractivity contribution in [3.8, 4) is 23.7 Å². The Kier molecular flexibility index (Phi) is 9.23. The minimum Gasteiger partial charge on any atom is -0.497 e. The maximum absolute atomic E-state index is 13.0. The third-order valence-electron chi connectivity index (χ3n) is 6.53. The van der Waals surface area contributed by atoms with Gasteiger partial charge in [0.25, 0.3) is 0 Å². The molecule has 2 unspecified atom stereocenters. The molecule has 1 N–H and O–H groups in total. The van der Waals surface area contributed by atoms with E-state index >= 15 is 0 Å². The molecule has 2 atom stereocenters. The Morgan fingerprint density at radius 1 is 1.19 bits per heavy atom. The monoisotopic (exact) mass is 430 g/mol. The highest BCUT2D eigenvalue weighted by atomic mass is 16.5. The molecule has 0 amide bonds. The third-order valence-corrected chi connectivity index (χ3v) is 6.53. The average molecular weight is 431 g/mol. The van der Waals surface area contributed by atoms with Gasteiger partial charge in [0.05, 0.1) is 20.1 Å². The van der Waals surface area contributed by atoms with Gasteiger partial charge in [0, 0.05) is 18.4 Å². The number of rotatable bonds is 11. The third kappa shape index (κ3) is 6.40. The molecule has 0 aliphatic heterocycles. The van der Waals surface area contributed by atoms with Gasteiger partial charge in [-0.05, 0) is 51.2 Å². The number of ether oxygens (including phenoxy) is 3. The molecule has 0 heterocycles. The molecule has 31 heavy (non-hydrogen) atoms. The number of aliphatic hydroxyl groups excluding tert-OH is 1. The Hall–Kier alpha value is -2.68. The Bertz CT molecular complexity index is 815. The summed E-state index contributed by atoms with van der Waals surface area (Å²) < 4.78 is 16.8. The maximum atomic E-state index is 13.0. The number of carbonyl (C=O) groups is 2. The molecular formula is C25H34O6. The number of aryl methyl sites for hydroxylation is 1. The zero-order valence-corrected chi connectivity index (χ0v) is 19.0. The van der Waals surface area contributed by atoms with Crippen molar-refractivity contribution in [3.05, 3.63) is 23.8 Å². The molecular weight excluding hydrogens is 396 g/mol. The molecule has 0 bridgehead atoms. The van der Waals surface area contributed by atoms with Crippen LogP contribution in [0.15, 0.2) is 18.2 Å². The second-order valence-electron chi connectivity index (χ2n) is 8.37. The van der Waals surface area contributed by atoms with Crippen molar-refractivity contribution in [2.75, 3.05) is 14.2 Å². The van der Waals surface area contributed by atoms with E-state index in [2.05, 4.69) is 6.11 Å². The van der Waals surface area contributed by atoms with Crippen LogP contribution in [0.3, 0.4) is 0 Å². The van der Waals surface area contributed by atoms with E-state index in [1.165, 1.54) is 6.92 Å². The van der Waals surface area contributed by atoms with Gasteiger partial charge < -0.3 is 19.3 Å². The van der Waals surface area contributed by atoms with E-state index in [4.69, 9.17) is 19.3 Å². The molecule has 0 aromatic heterocycles. The van der Waals surface area contributed by atoms with Crippen LogP contribution >= 0.6 is 0 Å². The molecule has 1 fully saturated rings. The number of aliphatic hydroxyl groups is 1. The predicted molar refractivity (Wildman–Crippen MR) is 117 cm³/mol. The molecule has 6 nitrogen and oxygen atoms in total. The molecule has 1 aliphatic carbocycles. The van der Waals surface area contributed by atoms with Gasteiger partial charge in [-0.2, -0.15) is 0 Å². The first-order valence-corrected chi connectivity index (χ1v) is 10.9. The highest BCUT2D eigenvalue weighted by Crippen LogP contribution is 2.42. The lowest BCUT2D eigenvalue weighted by Gasteiger charge is -2.41. The molecule has 170 valence electrons. The number of methoxy groups -OCH3 is 2. The summed E-state index contributed by atoms with van der Waals surface area (Å²) >= 11 is 0. The molecule has 1 aromatic rings. The molecule has 1 aromatic carbocycles. The lowest BCUT2D eigenvalue weighted by Crippen LogP contribution is -2.45. The zero-order chi connectivity index (χ0) is 22.9. The Morgan fingerprint density at radius 3 is 2.48 bits per heavy atom. The summed E-state index contributed by atoms with van der Waals surface area (Å²) in [6.07, 6.45) is 10.5. The first-order valence-electron chi connectivity index (χ1n) is 10.9. The maximum Gasteiger partial charge on any atom is 0.155 e. The number of hydrogen-bond donors (Lipinski definition) is 1. The Morgan fingerprint density at radius 2 is 1.90 bits per heavy atom. The fraction of sp³-hybridized carbons (Fsp3) is 0.600. The number of carbonyl (C=O) groups excluding carboxylic acids is 2. The van der Waals surface area contributed by atoms with E-state index in [-0.39, 0.29) is 23.9 Å². The van der Waals surface area contributed by atoms with Crippen molar-refractivity contribution in [1.82, 2.24) is 0 Å². The van der Waals surface area contributed by atoms with Crippen molar-refractivity contribution in [2.45, 2.75) is 70.8 Å². The van der Waals surface area contributed by atoms with E-state index < -0.39 is 11.5 Å². The van der Waals surface area contributed by atoms with Gasteiger partial charge >= 0.3 is 0 Å². The number of Topliss-reactive ketones (excluding diaryl/α,β-unsaturated/α-hetero) is 2. The summed E-state index contributed by atoms with van der Waals surface area (Å²) in [5.41, 5.74) is 0.0955. The Labute approximate surface area is 185 Å². The van der Waals surface area contributed by atoms with Crippen LogP contribution in [0, 0.1) is 24.0 Å². The fourth-order valence-corrected chi connectivity index (χ4v) is 4.44. The minimum atomic E-state index is -0.873. The summed E-state index contributed by atoms with van der Waals surface area (Å²) in [5.74, 6) is 0.520. The van der Waals surface area contributed by atoms with Crippen LogP contribution in [0.1, 0.15) is 64.4 Å². The SMILES string of the molecule is COc1ccc(CCC(CC(=O)C(C)C(C)=O)(OC#CO)C2CCCCC2)c(OC)c1. The van der Waals surface area contributed by atoms with E-state index in [9.17, 15) is 9.59 Å². The zero-order valence-electron chi connectivity index (χ0n) is 19.0. The van der Waals surface area contributed by atoms with Gasteiger partial charge in [0.15, 0.2) is 12.2 Å². The summed E-state index contributed by atoms with van der Waals surface area (Å²) in [6, 6.07) is 5.65. The lowest BCUT2D eigenvalue weighted by atomic mass is 9.70. The summed E-state index contributed by atoms with van der Waals surface area (Å²) in [6.45, 7) is 3.07. The normalized spacial score (nSPS) is 16.9. The van der Waals surface area contributed by atoms with Gasteiger partial charge in [-0.1, -0.05) is 25.3 Å². The van der Waals surface area contributed by atoms with E-state index in [1.807, 2.05) is 24.3 Å². The molecule has 0 radical (unpaired) electrons. The smallest absolute Gasteiger partial charge is 0.155 e. The molecule has 6 heteroatoms. The number of benzene rings is 1.